The van der Waals surface area contributed by atoms with Crippen LogP contribution in [0.15, 0.2) is 24.3 Å². The zero-order valence-electron chi connectivity index (χ0n) is 9.51. The van der Waals surface area contributed by atoms with E-state index in [4.69, 9.17) is 5.11 Å². The molecular weight excluding hydrogens is 242 g/mol. The Bertz CT molecular complexity index is 496. The van der Waals surface area contributed by atoms with Gasteiger partial charge in [0, 0.05) is 6.42 Å². The smallest absolute Gasteiger partial charge is 0.303 e. The number of sulfonamides is 1. The average Bonchev–Trinajstić information content (AvgIpc) is 2.20. The first kappa shape index (κ1) is 13.5. The number of anilines is 1. The van der Waals surface area contributed by atoms with Gasteiger partial charge in [-0.2, -0.15) is 0 Å². The highest BCUT2D eigenvalue weighted by atomic mass is 32.2. The topological polar surface area (TPSA) is 83.5 Å². The third kappa shape index (κ3) is 4.86. The lowest BCUT2D eigenvalue weighted by Gasteiger charge is -2.09. The molecule has 0 aliphatic carbocycles. The van der Waals surface area contributed by atoms with Gasteiger partial charge >= 0.3 is 5.97 Å². The van der Waals surface area contributed by atoms with Gasteiger partial charge in [-0.15, -0.1) is 0 Å². The summed E-state index contributed by atoms with van der Waals surface area (Å²) in [6.07, 6.45) is -0.0365. The Labute approximate surface area is 101 Å². The Morgan fingerprint density at radius 1 is 1.35 bits per heavy atom. The summed E-state index contributed by atoms with van der Waals surface area (Å²) in [6.45, 7) is 1.80. The molecule has 1 rings (SSSR count). The maximum atomic E-state index is 11.6. The second-order valence-corrected chi connectivity index (χ2v) is 5.58. The largest absolute Gasteiger partial charge is 0.481 e. The van der Waals surface area contributed by atoms with Crippen LogP contribution in [0, 0.1) is 6.92 Å². The van der Waals surface area contributed by atoms with Crippen LogP contribution in [-0.4, -0.2) is 25.2 Å². The van der Waals surface area contributed by atoms with Crippen molar-refractivity contribution in [3.8, 4) is 0 Å². The van der Waals surface area contributed by atoms with Crippen LogP contribution in [0.3, 0.4) is 0 Å². The van der Waals surface area contributed by atoms with E-state index in [1.807, 2.05) is 6.07 Å². The van der Waals surface area contributed by atoms with Crippen LogP contribution in [0.5, 0.6) is 0 Å². The zero-order chi connectivity index (χ0) is 12.9. The molecule has 2 N–H and O–H groups in total. The molecule has 1 aromatic carbocycles. The molecule has 0 atom stereocenters. The van der Waals surface area contributed by atoms with Crippen molar-refractivity contribution >= 4 is 21.7 Å². The first-order chi connectivity index (χ1) is 7.91. The number of carboxylic acid groups (broad SMARTS) is 1. The van der Waals surface area contributed by atoms with Crippen LogP contribution < -0.4 is 4.72 Å². The molecule has 6 heteroatoms. The fourth-order valence-corrected chi connectivity index (χ4v) is 2.51. The van der Waals surface area contributed by atoms with Gasteiger partial charge in [-0.1, -0.05) is 18.2 Å². The number of rotatable bonds is 6. The molecule has 0 bridgehead atoms. The minimum Gasteiger partial charge on any atom is -0.481 e. The predicted molar refractivity (Wildman–Crippen MR) is 65.5 cm³/mol. The molecule has 0 aromatic heterocycles. The molecule has 0 spiro atoms. The Kier molecular flexibility index (Phi) is 4.51. The number of hydrogen-bond acceptors (Lipinski definition) is 3. The first-order valence-electron chi connectivity index (χ1n) is 5.18. The molecule has 1 aromatic rings. The van der Waals surface area contributed by atoms with Crippen LogP contribution in [0.4, 0.5) is 5.69 Å². The Balaban J connectivity index is 2.61. The molecule has 17 heavy (non-hydrogen) atoms. The van der Waals surface area contributed by atoms with Gasteiger partial charge in [0.25, 0.3) is 0 Å². The van der Waals surface area contributed by atoms with Crippen LogP contribution in [0.25, 0.3) is 0 Å². The SMILES string of the molecule is Cc1ccccc1NS(=O)(=O)CCCC(=O)O. The molecule has 0 saturated carbocycles. The lowest BCUT2D eigenvalue weighted by molar-refractivity contribution is -0.137. The molecule has 0 amide bonds. The molecule has 0 aliphatic heterocycles. The van der Waals surface area contributed by atoms with Crippen molar-refractivity contribution < 1.29 is 18.3 Å². The minimum atomic E-state index is -3.47. The molecule has 0 radical (unpaired) electrons. The minimum absolute atomic E-state index is 0.108. The fourth-order valence-electron chi connectivity index (χ4n) is 1.32. The summed E-state index contributed by atoms with van der Waals surface area (Å²) in [5, 5.41) is 8.43. The summed E-state index contributed by atoms with van der Waals surface area (Å²) in [4.78, 5) is 10.3. The van der Waals surface area contributed by atoms with E-state index >= 15 is 0 Å². The van der Waals surface area contributed by atoms with E-state index in [1.165, 1.54) is 0 Å². The third-order valence-corrected chi connectivity index (χ3v) is 3.57. The van der Waals surface area contributed by atoms with E-state index in [0.717, 1.165) is 5.56 Å². The number of hydrogen-bond donors (Lipinski definition) is 2. The molecule has 0 heterocycles. The normalized spacial score (nSPS) is 11.1. The van der Waals surface area contributed by atoms with Crippen molar-refractivity contribution in [3.63, 3.8) is 0 Å². The molecule has 94 valence electrons. The van der Waals surface area contributed by atoms with Gasteiger partial charge in [0.2, 0.25) is 10.0 Å². The second-order valence-electron chi connectivity index (χ2n) is 3.73. The average molecular weight is 257 g/mol. The Morgan fingerprint density at radius 2 is 2.00 bits per heavy atom. The Hall–Kier alpha value is -1.56. The summed E-state index contributed by atoms with van der Waals surface area (Å²) < 4.78 is 25.7. The van der Waals surface area contributed by atoms with Crippen molar-refractivity contribution in [1.82, 2.24) is 0 Å². The summed E-state index contributed by atoms with van der Waals surface area (Å²) in [5.41, 5.74) is 1.36. The van der Waals surface area contributed by atoms with Gasteiger partial charge in [0.1, 0.15) is 0 Å². The molecular formula is C11H15NO4S. The monoisotopic (exact) mass is 257 g/mol. The second kappa shape index (κ2) is 5.67. The van der Waals surface area contributed by atoms with E-state index < -0.39 is 16.0 Å². The van der Waals surface area contributed by atoms with Gasteiger partial charge in [-0.05, 0) is 25.0 Å². The first-order valence-corrected chi connectivity index (χ1v) is 6.84. The molecule has 0 aliphatic rings. The van der Waals surface area contributed by atoms with Crippen LogP contribution in [0.2, 0.25) is 0 Å². The van der Waals surface area contributed by atoms with E-state index in [0.29, 0.717) is 5.69 Å². The molecule has 0 fully saturated rings. The van der Waals surface area contributed by atoms with E-state index in [9.17, 15) is 13.2 Å². The highest BCUT2D eigenvalue weighted by Crippen LogP contribution is 2.15. The van der Waals surface area contributed by atoms with Crippen LogP contribution >= 0.6 is 0 Å². The van der Waals surface area contributed by atoms with Gasteiger partial charge < -0.3 is 5.11 Å². The van der Waals surface area contributed by atoms with Crippen molar-refractivity contribution in [1.29, 1.82) is 0 Å². The van der Waals surface area contributed by atoms with Gasteiger partial charge in [0.05, 0.1) is 11.4 Å². The number of benzene rings is 1. The molecule has 5 nitrogen and oxygen atoms in total. The number of para-hydroxylation sites is 1. The van der Waals surface area contributed by atoms with Crippen molar-refractivity contribution in [2.24, 2.45) is 0 Å². The summed E-state index contributed by atoms with van der Waals surface area (Å²) in [7, 11) is -3.47. The number of aryl methyl sites for hydroxylation is 1. The maximum Gasteiger partial charge on any atom is 0.303 e. The number of carbonyl (C=O) groups is 1. The van der Waals surface area contributed by atoms with Gasteiger partial charge in [0.15, 0.2) is 0 Å². The lowest BCUT2D eigenvalue weighted by atomic mass is 10.2. The number of carboxylic acids is 1. The highest BCUT2D eigenvalue weighted by molar-refractivity contribution is 7.92. The Morgan fingerprint density at radius 3 is 2.59 bits per heavy atom. The quantitative estimate of drug-likeness (QED) is 0.810. The van der Waals surface area contributed by atoms with Crippen molar-refractivity contribution in [3.05, 3.63) is 29.8 Å². The predicted octanol–water partition coefficient (Wildman–Crippen LogP) is 1.60. The van der Waals surface area contributed by atoms with Gasteiger partial charge in [-0.3, -0.25) is 9.52 Å². The van der Waals surface area contributed by atoms with Crippen LogP contribution in [0.1, 0.15) is 18.4 Å². The highest BCUT2D eigenvalue weighted by Gasteiger charge is 2.12. The lowest BCUT2D eigenvalue weighted by Crippen LogP contribution is -2.18. The van der Waals surface area contributed by atoms with Crippen LogP contribution in [-0.2, 0) is 14.8 Å². The van der Waals surface area contributed by atoms with Crippen molar-refractivity contribution in [2.75, 3.05) is 10.5 Å². The maximum absolute atomic E-state index is 11.6. The molecule has 0 saturated heterocycles. The summed E-state index contributed by atoms with van der Waals surface area (Å²) in [6, 6.07) is 7.03. The van der Waals surface area contributed by atoms with E-state index in [-0.39, 0.29) is 18.6 Å². The molecule has 0 unspecified atom stereocenters. The standard InChI is InChI=1S/C11H15NO4S/c1-9-5-2-3-6-10(9)12-17(15,16)8-4-7-11(13)14/h2-3,5-6,12H,4,7-8H2,1H3,(H,13,14). The van der Waals surface area contributed by atoms with E-state index in [1.54, 1.807) is 25.1 Å². The fraction of sp³-hybridized carbons (Fsp3) is 0.364. The van der Waals surface area contributed by atoms with Crippen molar-refractivity contribution in [2.45, 2.75) is 19.8 Å². The summed E-state index contributed by atoms with van der Waals surface area (Å²) in [5.74, 6) is -1.18. The number of nitrogens with one attached hydrogen (secondary N) is 1. The van der Waals surface area contributed by atoms with Gasteiger partial charge in [-0.25, -0.2) is 8.42 Å². The summed E-state index contributed by atoms with van der Waals surface area (Å²) >= 11 is 0. The zero-order valence-corrected chi connectivity index (χ0v) is 10.3. The third-order valence-electron chi connectivity index (χ3n) is 2.21. The van der Waals surface area contributed by atoms with E-state index in [2.05, 4.69) is 4.72 Å². The number of aliphatic carboxylic acids is 1.